The second kappa shape index (κ2) is 4.46. The van der Waals surface area contributed by atoms with Gasteiger partial charge in [0.15, 0.2) is 11.6 Å². The van der Waals surface area contributed by atoms with E-state index in [4.69, 9.17) is 10.6 Å². The fourth-order valence-corrected chi connectivity index (χ4v) is 3.08. The number of fused-ring (bicyclic) bond motifs is 1. The molecule has 0 bridgehead atoms. The summed E-state index contributed by atoms with van der Waals surface area (Å²) in [5.41, 5.74) is 2.27. The summed E-state index contributed by atoms with van der Waals surface area (Å²) >= 11 is 1.59. The molecule has 5 nitrogen and oxygen atoms in total. The van der Waals surface area contributed by atoms with Crippen LogP contribution < -0.4 is 11.3 Å². The van der Waals surface area contributed by atoms with Crippen molar-refractivity contribution in [3.05, 3.63) is 17.3 Å². The predicted octanol–water partition coefficient (Wildman–Crippen LogP) is 2.39. The van der Waals surface area contributed by atoms with Gasteiger partial charge in [-0.2, -0.15) is 0 Å². The lowest BCUT2D eigenvalue weighted by molar-refractivity contribution is -0.0757. The summed E-state index contributed by atoms with van der Waals surface area (Å²) in [5, 5.41) is 2.96. The molecule has 0 saturated carbocycles. The summed E-state index contributed by atoms with van der Waals surface area (Å²) < 4.78 is 5.89. The fraction of sp³-hybridized carbons (Fsp3) is 0.500. The Morgan fingerprint density at radius 2 is 2.33 bits per heavy atom. The maximum atomic E-state index is 5.89. The van der Waals surface area contributed by atoms with Crippen molar-refractivity contribution < 1.29 is 4.74 Å². The van der Waals surface area contributed by atoms with Crippen LogP contribution in [0.3, 0.4) is 0 Å². The first-order valence-electron chi connectivity index (χ1n) is 6.09. The second-order valence-corrected chi connectivity index (χ2v) is 5.61. The zero-order chi connectivity index (χ0) is 12.6. The van der Waals surface area contributed by atoms with E-state index in [2.05, 4.69) is 22.3 Å². The summed E-state index contributed by atoms with van der Waals surface area (Å²) in [6, 6.07) is 1.98. The number of nitrogen functional groups attached to an aromatic ring is 1. The molecule has 6 heteroatoms. The van der Waals surface area contributed by atoms with Crippen molar-refractivity contribution in [2.45, 2.75) is 31.8 Å². The molecule has 3 N–H and O–H groups in total. The van der Waals surface area contributed by atoms with Gasteiger partial charge in [0.2, 0.25) is 0 Å². The van der Waals surface area contributed by atoms with Crippen LogP contribution in [0.1, 0.15) is 32.0 Å². The molecule has 1 atom stereocenters. The maximum absolute atomic E-state index is 5.89. The number of aromatic nitrogens is 2. The molecular formula is C12H16N4OS. The second-order valence-electron chi connectivity index (χ2n) is 4.72. The third kappa shape index (κ3) is 1.86. The topological polar surface area (TPSA) is 73.1 Å². The lowest BCUT2D eigenvalue weighted by Crippen LogP contribution is -2.32. The van der Waals surface area contributed by atoms with Gasteiger partial charge in [0.25, 0.3) is 0 Å². The van der Waals surface area contributed by atoms with Crippen LogP contribution in [0.2, 0.25) is 0 Å². The molecule has 18 heavy (non-hydrogen) atoms. The Hall–Kier alpha value is -1.24. The van der Waals surface area contributed by atoms with E-state index < -0.39 is 0 Å². The number of hydrogen-bond acceptors (Lipinski definition) is 6. The highest BCUT2D eigenvalue weighted by atomic mass is 32.1. The number of nitrogens with one attached hydrogen (secondary N) is 1. The summed E-state index contributed by atoms with van der Waals surface area (Å²) in [5.74, 6) is 6.94. The van der Waals surface area contributed by atoms with Crippen LogP contribution in [0.25, 0.3) is 10.2 Å². The van der Waals surface area contributed by atoms with E-state index in [9.17, 15) is 0 Å². The number of nitrogens with zero attached hydrogens (tertiary/aromatic N) is 2. The van der Waals surface area contributed by atoms with Crippen LogP contribution in [0.5, 0.6) is 0 Å². The standard InChI is InChI=1S/C12H16N4OS/c1-12(5-2-3-6-17-12)11-14-9(16-13)8-4-7-18-10(8)15-11/h4,7H,2-3,5-6,13H2,1H3,(H,14,15,16). The van der Waals surface area contributed by atoms with Gasteiger partial charge in [-0.1, -0.05) is 0 Å². The van der Waals surface area contributed by atoms with E-state index in [0.717, 1.165) is 41.9 Å². The van der Waals surface area contributed by atoms with Crippen molar-refractivity contribution in [1.82, 2.24) is 9.97 Å². The predicted molar refractivity (Wildman–Crippen MR) is 72.4 cm³/mol. The summed E-state index contributed by atoms with van der Waals surface area (Å²) in [7, 11) is 0. The summed E-state index contributed by atoms with van der Waals surface area (Å²) in [6.45, 7) is 2.83. The van der Waals surface area contributed by atoms with Gasteiger partial charge in [-0.25, -0.2) is 15.8 Å². The smallest absolute Gasteiger partial charge is 0.164 e. The number of anilines is 1. The van der Waals surface area contributed by atoms with E-state index >= 15 is 0 Å². The van der Waals surface area contributed by atoms with Gasteiger partial charge in [-0.05, 0) is 37.6 Å². The van der Waals surface area contributed by atoms with Gasteiger partial charge in [0, 0.05) is 6.61 Å². The zero-order valence-corrected chi connectivity index (χ0v) is 11.1. The van der Waals surface area contributed by atoms with Crippen LogP contribution in [0, 0.1) is 0 Å². The molecule has 1 unspecified atom stereocenters. The molecule has 0 aliphatic carbocycles. The number of hydrogen-bond donors (Lipinski definition) is 2. The molecule has 0 radical (unpaired) electrons. The summed E-state index contributed by atoms with van der Waals surface area (Å²) in [6.07, 6.45) is 3.21. The molecule has 1 aliphatic rings. The number of ether oxygens (including phenoxy) is 1. The summed E-state index contributed by atoms with van der Waals surface area (Å²) in [4.78, 5) is 10.1. The molecule has 2 aromatic rings. The van der Waals surface area contributed by atoms with Gasteiger partial charge < -0.3 is 10.2 Å². The quantitative estimate of drug-likeness (QED) is 0.643. The Morgan fingerprint density at radius 3 is 3.06 bits per heavy atom. The van der Waals surface area contributed by atoms with Crippen LogP contribution in [-0.2, 0) is 10.3 Å². The SMILES string of the molecule is CC1(c2nc(NN)c3ccsc3n2)CCCCO1. The third-order valence-electron chi connectivity index (χ3n) is 3.40. The van der Waals surface area contributed by atoms with Gasteiger partial charge in [-0.3, -0.25) is 0 Å². The van der Waals surface area contributed by atoms with Crippen LogP contribution in [0.15, 0.2) is 11.4 Å². The van der Waals surface area contributed by atoms with E-state index in [1.165, 1.54) is 0 Å². The lowest BCUT2D eigenvalue weighted by Gasteiger charge is -2.32. The molecular weight excluding hydrogens is 248 g/mol. The minimum Gasteiger partial charge on any atom is -0.367 e. The normalized spacial score (nSPS) is 24.3. The zero-order valence-electron chi connectivity index (χ0n) is 10.3. The number of hydrazine groups is 1. The van der Waals surface area contributed by atoms with Gasteiger partial charge in [0.1, 0.15) is 10.4 Å². The Labute approximate surface area is 109 Å². The maximum Gasteiger partial charge on any atom is 0.164 e. The largest absolute Gasteiger partial charge is 0.367 e. The minimum absolute atomic E-state index is 0.387. The van der Waals surface area contributed by atoms with Crippen LogP contribution in [0.4, 0.5) is 5.82 Å². The van der Waals surface area contributed by atoms with Crippen molar-refractivity contribution in [3.8, 4) is 0 Å². The molecule has 0 spiro atoms. The monoisotopic (exact) mass is 264 g/mol. The molecule has 2 aromatic heterocycles. The van der Waals surface area contributed by atoms with Gasteiger partial charge in [-0.15, -0.1) is 11.3 Å². The third-order valence-corrected chi connectivity index (χ3v) is 4.21. The molecule has 0 aromatic carbocycles. The van der Waals surface area contributed by atoms with Crippen molar-refractivity contribution in [3.63, 3.8) is 0 Å². The Morgan fingerprint density at radius 1 is 1.44 bits per heavy atom. The van der Waals surface area contributed by atoms with Crippen LogP contribution in [-0.4, -0.2) is 16.6 Å². The van der Waals surface area contributed by atoms with E-state index in [-0.39, 0.29) is 5.60 Å². The van der Waals surface area contributed by atoms with E-state index in [0.29, 0.717) is 5.82 Å². The molecule has 0 amide bonds. The minimum atomic E-state index is -0.387. The molecule has 3 heterocycles. The van der Waals surface area contributed by atoms with Gasteiger partial charge in [0.05, 0.1) is 5.39 Å². The van der Waals surface area contributed by atoms with E-state index in [1.54, 1.807) is 11.3 Å². The van der Waals surface area contributed by atoms with E-state index in [1.807, 2.05) is 11.4 Å². The Balaban J connectivity index is 2.10. The van der Waals surface area contributed by atoms with Gasteiger partial charge >= 0.3 is 0 Å². The van der Waals surface area contributed by atoms with Crippen molar-refractivity contribution >= 4 is 27.4 Å². The molecule has 3 rings (SSSR count). The average molecular weight is 264 g/mol. The first-order valence-corrected chi connectivity index (χ1v) is 6.97. The number of rotatable bonds is 2. The van der Waals surface area contributed by atoms with Crippen molar-refractivity contribution in [1.29, 1.82) is 0 Å². The average Bonchev–Trinajstić information content (AvgIpc) is 2.86. The molecule has 1 saturated heterocycles. The highest BCUT2D eigenvalue weighted by molar-refractivity contribution is 7.16. The molecule has 1 aliphatic heterocycles. The highest BCUT2D eigenvalue weighted by Crippen LogP contribution is 2.35. The highest BCUT2D eigenvalue weighted by Gasteiger charge is 2.33. The molecule has 96 valence electrons. The lowest BCUT2D eigenvalue weighted by atomic mass is 9.95. The fourth-order valence-electron chi connectivity index (χ4n) is 2.31. The van der Waals surface area contributed by atoms with Crippen molar-refractivity contribution in [2.24, 2.45) is 5.84 Å². The number of nitrogens with two attached hydrogens (primary N) is 1. The Kier molecular flexibility index (Phi) is 2.93. The Bertz CT molecular complexity index is 562. The van der Waals surface area contributed by atoms with Crippen molar-refractivity contribution in [2.75, 3.05) is 12.0 Å². The van der Waals surface area contributed by atoms with Crippen LogP contribution >= 0.6 is 11.3 Å². The molecule has 1 fully saturated rings. The first-order chi connectivity index (χ1) is 8.73. The number of thiophene rings is 1. The first kappa shape index (κ1) is 11.8.